The Kier molecular flexibility index (Phi) is 12.0. The van der Waals surface area contributed by atoms with Crippen molar-refractivity contribution in [3.8, 4) is 22.4 Å². The molecule has 60 heavy (non-hydrogen) atoms. The van der Waals surface area contributed by atoms with Crippen molar-refractivity contribution >= 4 is 45.8 Å². The number of carbonyl (C=O) groups is 4. The van der Waals surface area contributed by atoms with Gasteiger partial charge in [0, 0.05) is 25.8 Å². The second kappa shape index (κ2) is 17.7. The lowest BCUT2D eigenvalue weighted by atomic mass is 9.83. The molecule has 0 radical (unpaired) electrons. The van der Waals surface area contributed by atoms with E-state index < -0.39 is 30.4 Å². The summed E-state index contributed by atoms with van der Waals surface area (Å²) in [7, 11) is 4.10. The van der Waals surface area contributed by atoms with E-state index >= 15 is 0 Å². The molecule has 3 aromatic carbocycles. The van der Waals surface area contributed by atoms with Gasteiger partial charge in [-0.1, -0.05) is 49.6 Å². The van der Waals surface area contributed by atoms with E-state index in [0.717, 1.165) is 108 Å². The SMILES string of the molecule is COC(=O)NC(C(=O)N1CCCC1c1nc2ccc(-c3ccc4cc(-c5cnc(C6CCCN6C(=O)C(NC(=O)OC)C(C)OC)[nH]5)ccc4c3)cc2[nH]1)C1CCCCC1. The smallest absolute Gasteiger partial charge is 0.407 e. The number of imidazole rings is 2. The molecule has 3 fully saturated rings. The third-order valence-corrected chi connectivity index (χ3v) is 12.7. The summed E-state index contributed by atoms with van der Waals surface area (Å²) in [5, 5.41) is 7.66. The van der Waals surface area contributed by atoms with Gasteiger partial charge in [0.25, 0.3) is 0 Å². The predicted octanol–water partition coefficient (Wildman–Crippen LogP) is 7.16. The van der Waals surface area contributed by atoms with Crippen LogP contribution in [0.5, 0.6) is 0 Å². The van der Waals surface area contributed by atoms with Crippen molar-refractivity contribution in [3.63, 3.8) is 0 Å². The maximum atomic E-state index is 14.1. The lowest BCUT2D eigenvalue weighted by Crippen LogP contribution is -2.54. The molecule has 2 saturated heterocycles. The average Bonchev–Trinajstić information content (AvgIpc) is 4.13. The maximum Gasteiger partial charge on any atom is 0.407 e. The summed E-state index contributed by atoms with van der Waals surface area (Å²) in [5.74, 6) is 1.23. The highest BCUT2D eigenvalue weighted by Crippen LogP contribution is 2.37. The molecule has 1 aliphatic carbocycles. The minimum absolute atomic E-state index is 0.0619. The molecule has 0 spiro atoms. The number of fused-ring (bicyclic) bond motifs is 2. The van der Waals surface area contributed by atoms with Crippen LogP contribution in [0.3, 0.4) is 0 Å². The molecule has 0 bridgehead atoms. The normalized spacial score (nSPS) is 19.9. The van der Waals surface area contributed by atoms with Crippen molar-refractivity contribution in [2.24, 2.45) is 5.92 Å². The number of ether oxygens (including phenoxy) is 3. The molecule has 4 heterocycles. The number of rotatable bonds is 11. The van der Waals surface area contributed by atoms with Gasteiger partial charge in [-0.15, -0.1) is 0 Å². The fourth-order valence-corrected chi connectivity index (χ4v) is 9.34. The summed E-state index contributed by atoms with van der Waals surface area (Å²) in [6.07, 6.45) is 8.28. The van der Waals surface area contributed by atoms with Crippen LogP contribution in [-0.2, 0) is 23.8 Å². The summed E-state index contributed by atoms with van der Waals surface area (Å²) in [4.78, 5) is 72.5. The van der Waals surface area contributed by atoms with E-state index in [2.05, 4.69) is 69.1 Å². The summed E-state index contributed by atoms with van der Waals surface area (Å²) in [6.45, 7) is 2.90. The molecular weight excluding hydrogens is 765 g/mol. The molecule has 2 aromatic heterocycles. The number of carbonyl (C=O) groups excluding carboxylic acids is 4. The largest absolute Gasteiger partial charge is 0.453 e. The number of nitrogens with zero attached hydrogens (tertiary/aromatic N) is 4. The first kappa shape index (κ1) is 40.8. The van der Waals surface area contributed by atoms with Crippen LogP contribution in [-0.4, -0.2) is 106 Å². The molecule has 1 saturated carbocycles. The van der Waals surface area contributed by atoms with E-state index in [1.807, 2.05) is 11.0 Å². The molecule has 5 unspecified atom stereocenters. The summed E-state index contributed by atoms with van der Waals surface area (Å²) < 4.78 is 15.1. The topological polar surface area (TPSA) is 184 Å². The molecule has 4 amide bonds. The average molecular weight is 819 g/mol. The maximum absolute atomic E-state index is 14.1. The van der Waals surface area contributed by atoms with Crippen LogP contribution in [0.15, 0.2) is 60.8 Å². The number of aromatic amines is 2. The Labute approximate surface area is 348 Å². The standard InChI is InChI=1S/C45H54N8O7/c1-26(58-2)38(50-44(56)59-3)42(54)52-20-8-12-36(52)40-46-25-35(49-40)32-17-16-28-22-29(14-15-30(28)23-32)31-18-19-33-34(24-31)48-41(47-33)37-13-9-21-53(37)43(55)39(51-45(57)60-4)27-10-6-5-7-11-27/h14-19,22-27,36-39H,5-13,20-21H2,1-4H3,(H,46,49)(H,47,48)(H,50,56)(H,51,57). The van der Waals surface area contributed by atoms with Gasteiger partial charge in [0.1, 0.15) is 23.7 Å². The van der Waals surface area contributed by atoms with Gasteiger partial charge in [-0.25, -0.2) is 19.6 Å². The first-order valence-electron chi connectivity index (χ1n) is 21.1. The first-order valence-corrected chi connectivity index (χ1v) is 21.1. The predicted molar refractivity (Wildman–Crippen MR) is 226 cm³/mol. The zero-order chi connectivity index (χ0) is 41.9. The fraction of sp³-hybridized carbons (Fsp3) is 0.467. The highest BCUT2D eigenvalue weighted by atomic mass is 16.5. The van der Waals surface area contributed by atoms with Crippen LogP contribution >= 0.6 is 0 Å². The molecule has 4 N–H and O–H groups in total. The number of aromatic nitrogens is 4. The molecule has 15 nitrogen and oxygen atoms in total. The number of H-pyrrole nitrogens is 2. The van der Waals surface area contributed by atoms with Gasteiger partial charge in [0.05, 0.1) is 55.3 Å². The summed E-state index contributed by atoms with van der Waals surface area (Å²) >= 11 is 0. The van der Waals surface area contributed by atoms with Gasteiger partial charge in [0.2, 0.25) is 11.8 Å². The monoisotopic (exact) mass is 818 g/mol. The Morgan fingerprint density at radius 1 is 0.700 bits per heavy atom. The van der Waals surface area contributed by atoms with Crippen LogP contribution in [0, 0.1) is 5.92 Å². The van der Waals surface area contributed by atoms with Gasteiger partial charge in [0.15, 0.2) is 0 Å². The van der Waals surface area contributed by atoms with Crippen molar-refractivity contribution in [2.75, 3.05) is 34.4 Å². The van der Waals surface area contributed by atoms with Crippen LogP contribution in [0.4, 0.5) is 9.59 Å². The van der Waals surface area contributed by atoms with E-state index in [1.165, 1.54) is 21.3 Å². The number of hydrogen-bond acceptors (Lipinski definition) is 9. The zero-order valence-electron chi connectivity index (χ0n) is 34.7. The quantitative estimate of drug-likeness (QED) is 0.107. The Balaban J connectivity index is 0.978. The van der Waals surface area contributed by atoms with Crippen molar-refractivity contribution in [3.05, 3.63) is 72.4 Å². The number of benzene rings is 3. The molecule has 8 rings (SSSR count). The fourth-order valence-electron chi connectivity index (χ4n) is 9.34. The van der Waals surface area contributed by atoms with Crippen LogP contribution in [0.25, 0.3) is 44.2 Å². The number of amides is 4. The second-order valence-electron chi connectivity index (χ2n) is 16.3. The Morgan fingerprint density at radius 3 is 2.02 bits per heavy atom. The second-order valence-corrected chi connectivity index (χ2v) is 16.3. The molecule has 5 atom stereocenters. The zero-order valence-corrected chi connectivity index (χ0v) is 34.7. The summed E-state index contributed by atoms with van der Waals surface area (Å²) in [5.41, 5.74) is 5.65. The highest BCUT2D eigenvalue weighted by Gasteiger charge is 2.41. The number of likely N-dealkylation sites (tertiary alicyclic amines) is 2. The number of nitrogens with one attached hydrogen (secondary N) is 4. The third kappa shape index (κ3) is 8.27. The molecule has 3 aliphatic rings. The van der Waals surface area contributed by atoms with E-state index in [-0.39, 0.29) is 29.8 Å². The third-order valence-electron chi connectivity index (χ3n) is 12.7. The molecule has 2 aliphatic heterocycles. The van der Waals surface area contributed by atoms with Crippen molar-refractivity contribution < 1.29 is 33.4 Å². The van der Waals surface area contributed by atoms with Crippen LogP contribution in [0.2, 0.25) is 0 Å². The molecule has 5 aromatic rings. The minimum atomic E-state index is -0.898. The van der Waals surface area contributed by atoms with Gasteiger partial charge < -0.3 is 44.6 Å². The molecule has 316 valence electrons. The van der Waals surface area contributed by atoms with Gasteiger partial charge in [-0.05, 0) is 97.5 Å². The molecular formula is C45H54N8O7. The number of methoxy groups -OCH3 is 3. The van der Waals surface area contributed by atoms with Gasteiger partial charge >= 0.3 is 12.2 Å². The Bertz CT molecular complexity index is 2370. The van der Waals surface area contributed by atoms with Crippen molar-refractivity contribution in [1.29, 1.82) is 0 Å². The van der Waals surface area contributed by atoms with Gasteiger partial charge in [-0.3, -0.25) is 9.59 Å². The first-order chi connectivity index (χ1) is 29.1. The lowest BCUT2D eigenvalue weighted by molar-refractivity contribution is -0.138. The van der Waals surface area contributed by atoms with Crippen LogP contribution in [0.1, 0.15) is 88.4 Å². The number of alkyl carbamates (subject to hydrolysis) is 2. The minimum Gasteiger partial charge on any atom is -0.453 e. The lowest BCUT2D eigenvalue weighted by Gasteiger charge is -2.34. The van der Waals surface area contributed by atoms with Crippen LogP contribution < -0.4 is 10.6 Å². The van der Waals surface area contributed by atoms with Gasteiger partial charge in [-0.2, -0.15) is 0 Å². The highest BCUT2D eigenvalue weighted by molar-refractivity contribution is 5.92. The van der Waals surface area contributed by atoms with E-state index in [0.29, 0.717) is 18.9 Å². The van der Waals surface area contributed by atoms with E-state index in [9.17, 15) is 19.2 Å². The van der Waals surface area contributed by atoms with E-state index in [1.54, 1.807) is 18.0 Å². The van der Waals surface area contributed by atoms with Crippen molar-refractivity contribution in [2.45, 2.75) is 95.0 Å². The molecule has 15 heteroatoms. The Morgan fingerprint density at radius 2 is 1.32 bits per heavy atom. The van der Waals surface area contributed by atoms with E-state index in [4.69, 9.17) is 24.2 Å². The Hall–Kier alpha value is -5.96. The van der Waals surface area contributed by atoms with Crippen molar-refractivity contribution in [1.82, 2.24) is 40.4 Å². The summed E-state index contributed by atoms with van der Waals surface area (Å²) in [6, 6.07) is 16.9. The number of hydrogen-bond donors (Lipinski definition) is 4.